The molecule has 0 aromatic carbocycles. The number of ether oxygens (including phenoxy) is 2. The summed E-state index contributed by atoms with van der Waals surface area (Å²) < 4.78 is 11.8. The molecule has 1 saturated heterocycles. The van der Waals surface area contributed by atoms with E-state index in [1.165, 1.54) is 0 Å². The molecule has 0 radical (unpaired) electrons. The molecule has 2 bridgehead atoms. The quantitative estimate of drug-likeness (QED) is 0.216. The van der Waals surface area contributed by atoms with Gasteiger partial charge in [-0.1, -0.05) is 13.3 Å². The summed E-state index contributed by atoms with van der Waals surface area (Å²) in [5.41, 5.74) is -3.84. The Morgan fingerprint density at radius 1 is 0.973 bits per heavy atom. The third-order valence-electron chi connectivity index (χ3n) is 11.3. The second-order valence-corrected chi connectivity index (χ2v) is 13.0. The van der Waals surface area contributed by atoms with Crippen molar-refractivity contribution >= 4 is 5.97 Å². The van der Waals surface area contributed by atoms with Crippen LogP contribution >= 0.6 is 0 Å². The third-order valence-corrected chi connectivity index (χ3v) is 11.3. The van der Waals surface area contributed by atoms with E-state index in [2.05, 4.69) is 0 Å². The molecule has 4 saturated carbocycles. The maximum absolute atomic E-state index is 12.4. The molecule has 212 valence electrons. The Bertz CT molecular complexity index is 900. The van der Waals surface area contributed by atoms with Crippen molar-refractivity contribution in [3.63, 3.8) is 0 Å². The first-order valence-electron chi connectivity index (χ1n) is 13.5. The number of aliphatic hydroxyl groups excluding tert-OH is 7. The Morgan fingerprint density at radius 3 is 2.30 bits per heavy atom. The van der Waals surface area contributed by atoms with Gasteiger partial charge in [0.25, 0.3) is 0 Å². The Hall–Kier alpha value is -0.890. The van der Waals surface area contributed by atoms with Crippen LogP contribution in [0.15, 0.2) is 0 Å². The van der Waals surface area contributed by atoms with E-state index in [1.54, 1.807) is 6.92 Å². The van der Waals surface area contributed by atoms with Crippen molar-refractivity contribution < 1.29 is 55.1 Å². The molecule has 0 aromatic heterocycles. The summed E-state index contributed by atoms with van der Waals surface area (Å²) in [6.45, 7) is 2.64. The van der Waals surface area contributed by atoms with Gasteiger partial charge in [0.2, 0.25) is 0 Å². The van der Waals surface area contributed by atoms with Crippen LogP contribution in [-0.4, -0.2) is 109 Å². The normalized spacial score (nSPS) is 57.4. The van der Waals surface area contributed by atoms with Crippen LogP contribution in [0.5, 0.6) is 0 Å². The molecule has 5 rings (SSSR count). The van der Waals surface area contributed by atoms with Crippen molar-refractivity contribution in [2.75, 3.05) is 13.2 Å². The van der Waals surface area contributed by atoms with Crippen LogP contribution in [0.25, 0.3) is 0 Å². The molecule has 37 heavy (non-hydrogen) atoms. The highest BCUT2D eigenvalue weighted by Gasteiger charge is 2.74. The standard InChI is InChI=1S/C26H42O11/c1-23-6-3-7-24(2,22(34)35)19(23)18(32)20(33)25-8-12(4-5-14(23)25)26(10-25,11-28)37-21-17(31)16(30)15(29)13(9-27)36-21/h12-21,27-33H,3-11H2,1-2H3,(H,34,35)/t12-,13+,14+,15+,16-,17+,18+,19-,20+,21-,23+,24-,25-,26+/m0/s1. The minimum Gasteiger partial charge on any atom is -0.481 e. The lowest BCUT2D eigenvalue weighted by atomic mass is 9.39. The zero-order valence-corrected chi connectivity index (χ0v) is 21.4. The van der Waals surface area contributed by atoms with Crippen molar-refractivity contribution in [3.05, 3.63) is 0 Å². The molecule has 8 N–H and O–H groups in total. The second kappa shape index (κ2) is 9.07. The number of fused-ring (bicyclic) bond motifs is 3. The second-order valence-electron chi connectivity index (χ2n) is 13.0. The van der Waals surface area contributed by atoms with Gasteiger partial charge in [0.15, 0.2) is 6.29 Å². The van der Waals surface area contributed by atoms with Gasteiger partial charge in [-0.05, 0) is 62.7 Å². The lowest BCUT2D eigenvalue weighted by Crippen LogP contribution is -2.69. The SMILES string of the molecule is C[C@]12CCC[C@](C)(C(=O)O)[C@H]1[C@@H](O)[C@@H](O)[C@]13C[C@H](CC[C@H]21)[C@@](CO)(O[C@@H]1O[C@H](CO)[C@@H](O)[C@H](O)[C@H]1O)C3. The molecule has 0 amide bonds. The fraction of sp³-hybridized carbons (Fsp3) is 0.962. The van der Waals surface area contributed by atoms with E-state index in [4.69, 9.17) is 9.47 Å². The molecule has 1 aliphatic heterocycles. The highest BCUT2D eigenvalue weighted by Crippen LogP contribution is 2.73. The topological polar surface area (TPSA) is 197 Å². The van der Waals surface area contributed by atoms with Crippen molar-refractivity contribution in [1.29, 1.82) is 0 Å². The zero-order chi connectivity index (χ0) is 27.1. The van der Waals surface area contributed by atoms with E-state index < -0.39 is 89.9 Å². The maximum Gasteiger partial charge on any atom is 0.309 e. The summed E-state index contributed by atoms with van der Waals surface area (Å²) in [7, 11) is 0. The molecule has 11 heteroatoms. The number of hydrogen-bond acceptors (Lipinski definition) is 10. The first-order chi connectivity index (χ1) is 17.3. The van der Waals surface area contributed by atoms with Crippen LogP contribution in [0.3, 0.4) is 0 Å². The summed E-state index contributed by atoms with van der Waals surface area (Å²) >= 11 is 0. The fourth-order valence-corrected chi connectivity index (χ4v) is 9.67. The van der Waals surface area contributed by atoms with E-state index in [0.29, 0.717) is 32.1 Å². The highest BCUT2D eigenvalue weighted by atomic mass is 16.7. The average molecular weight is 531 g/mol. The van der Waals surface area contributed by atoms with Crippen LogP contribution in [0.4, 0.5) is 0 Å². The van der Waals surface area contributed by atoms with E-state index in [9.17, 15) is 45.6 Å². The van der Waals surface area contributed by atoms with E-state index >= 15 is 0 Å². The van der Waals surface area contributed by atoms with Crippen LogP contribution in [-0.2, 0) is 14.3 Å². The Labute approximate surface area is 216 Å². The van der Waals surface area contributed by atoms with Gasteiger partial charge >= 0.3 is 5.97 Å². The van der Waals surface area contributed by atoms with Crippen molar-refractivity contribution in [2.45, 2.75) is 107 Å². The number of carboxylic acid groups (broad SMARTS) is 1. The molecule has 4 aliphatic carbocycles. The number of carboxylic acids is 1. The van der Waals surface area contributed by atoms with Crippen LogP contribution in [0, 0.1) is 34.0 Å². The van der Waals surface area contributed by atoms with E-state index in [-0.39, 0.29) is 18.3 Å². The molecule has 11 nitrogen and oxygen atoms in total. The molecule has 0 aromatic rings. The van der Waals surface area contributed by atoms with E-state index in [0.717, 1.165) is 6.42 Å². The fourth-order valence-electron chi connectivity index (χ4n) is 9.67. The molecule has 0 unspecified atom stereocenters. The number of rotatable bonds is 5. The van der Waals surface area contributed by atoms with Crippen LogP contribution < -0.4 is 0 Å². The molecule has 1 heterocycles. The number of aliphatic hydroxyl groups is 7. The summed E-state index contributed by atoms with van der Waals surface area (Å²) in [5.74, 6) is -1.98. The van der Waals surface area contributed by atoms with Crippen LogP contribution in [0.2, 0.25) is 0 Å². The lowest BCUT2D eigenvalue weighted by molar-refractivity contribution is -0.335. The molecule has 5 aliphatic rings. The predicted molar refractivity (Wildman–Crippen MR) is 126 cm³/mol. The summed E-state index contributed by atoms with van der Waals surface area (Å²) in [6.07, 6.45) is -6.18. The molecule has 1 spiro atoms. The molecule has 14 atom stereocenters. The molecule has 5 fully saturated rings. The summed E-state index contributed by atoms with van der Waals surface area (Å²) in [5, 5.41) is 84.6. The van der Waals surface area contributed by atoms with Gasteiger partial charge < -0.3 is 50.3 Å². The largest absolute Gasteiger partial charge is 0.481 e. The van der Waals surface area contributed by atoms with Crippen molar-refractivity contribution in [2.24, 2.45) is 34.0 Å². The average Bonchev–Trinajstić information content (AvgIpc) is 3.10. The van der Waals surface area contributed by atoms with Gasteiger partial charge in [0, 0.05) is 11.3 Å². The number of hydrogen-bond donors (Lipinski definition) is 8. The Morgan fingerprint density at radius 2 is 1.68 bits per heavy atom. The predicted octanol–water partition coefficient (Wildman–Crippen LogP) is -1.03. The minimum atomic E-state index is -1.63. The first kappa shape index (κ1) is 27.7. The third kappa shape index (κ3) is 3.62. The van der Waals surface area contributed by atoms with Gasteiger partial charge in [-0.25, -0.2) is 0 Å². The van der Waals surface area contributed by atoms with Gasteiger partial charge in [0.05, 0.1) is 36.4 Å². The Kier molecular flexibility index (Phi) is 6.78. The summed E-state index contributed by atoms with van der Waals surface area (Å²) in [4.78, 5) is 12.4. The monoisotopic (exact) mass is 530 g/mol. The van der Waals surface area contributed by atoms with Gasteiger partial charge in [-0.2, -0.15) is 0 Å². The number of carbonyl (C=O) groups is 1. The van der Waals surface area contributed by atoms with E-state index in [1.807, 2.05) is 6.92 Å². The summed E-state index contributed by atoms with van der Waals surface area (Å²) in [6, 6.07) is 0. The van der Waals surface area contributed by atoms with Crippen LogP contribution in [0.1, 0.15) is 58.8 Å². The van der Waals surface area contributed by atoms with Gasteiger partial charge in [-0.15, -0.1) is 0 Å². The van der Waals surface area contributed by atoms with Crippen molar-refractivity contribution in [3.8, 4) is 0 Å². The lowest BCUT2D eigenvalue weighted by Gasteiger charge is -2.66. The highest BCUT2D eigenvalue weighted by molar-refractivity contribution is 5.75. The molecular weight excluding hydrogens is 488 g/mol. The van der Waals surface area contributed by atoms with Gasteiger partial charge in [-0.3, -0.25) is 4.79 Å². The molecular formula is C26H42O11. The smallest absolute Gasteiger partial charge is 0.309 e. The number of aliphatic carboxylic acids is 1. The Balaban J connectivity index is 1.50. The van der Waals surface area contributed by atoms with Gasteiger partial charge in [0.1, 0.15) is 24.4 Å². The first-order valence-corrected chi connectivity index (χ1v) is 13.5. The van der Waals surface area contributed by atoms with Crippen molar-refractivity contribution in [1.82, 2.24) is 0 Å². The maximum atomic E-state index is 12.4. The minimum absolute atomic E-state index is 0.120. The zero-order valence-electron chi connectivity index (χ0n) is 21.4.